The highest BCUT2D eigenvalue weighted by molar-refractivity contribution is 5.29. The lowest BCUT2D eigenvalue weighted by Gasteiger charge is -2.19. The van der Waals surface area contributed by atoms with Crippen molar-refractivity contribution < 1.29 is 22.3 Å². The lowest BCUT2D eigenvalue weighted by atomic mass is 9.91. The molecule has 2 nitrogen and oxygen atoms in total. The van der Waals surface area contributed by atoms with E-state index in [4.69, 9.17) is 10.5 Å². The molecule has 0 aromatic heterocycles. The first-order valence-electron chi connectivity index (χ1n) is 6.03. The van der Waals surface area contributed by atoms with E-state index >= 15 is 0 Å². The highest BCUT2D eigenvalue weighted by Gasteiger charge is 2.35. The molecule has 106 valence electrons. The van der Waals surface area contributed by atoms with Gasteiger partial charge in [-0.05, 0) is 31.0 Å². The second-order valence-electron chi connectivity index (χ2n) is 4.90. The number of alkyl halides is 3. The van der Waals surface area contributed by atoms with Crippen LogP contribution in [0.1, 0.15) is 30.5 Å². The monoisotopic (exact) mass is 277 g/mol. The first-order valence-corrected chi connectivity index (χ1v) is 6.03. The van der Waals surface area contributed by atoms with Crippen molar-refractivity contribution in [3.8, 4) is 0 Å². The summed E-state index contributed by atoms with van der Waals surface area (Å²) in [4.78, 5) is 0. The summed E-state index contributed by atoms with van der Waals surface area (Å²) in [6.07, 6.45) is -3.96. The van der Waals surface area contributed by atoms with Gasteiger partial charge in [0.1, 0.15) is 5.82 Å². The third-order valence-corrected chi connectivity index (χ3v) is 3.42. The van der Waals surface area contributed by atoms with Gasteiger partial charge in [-0.15, -0.1) is 0 Å². The Morgan fingerprint density at radius 3 is 2.58 bits per heavy atom. The van der Waals surface area contributed by atoms with Crippen molar-refractivity contribution in [3.63, 3.8) is 0 Å². The highest BCUT2D eigenvalue weighted by atomic mass is 19.4. The Labute approximate surface area is 108 Å². The molecule has 1 aliphatic rings. The minimum Gasteiger partial charge on any atom is -0.378 e. The Hall–Kier alpha value is -1.14. The Balaban J connectivity index is 2.26. The molecule has 0 saturated carbocycles. The Morgan fingerprint density at radius 1 is 1.37 bits per heavy atom. The van der Waals surface area contributed by atoms with E-state index in [2.05, 4.69) is 0 Å². The summed E-state index contributed by atoms with van der Waals surface area (Å²) in [5, 5.41) is 0. The molecule has 0 aliphatic carbocycles. The summed E-state index contributed by atoms with van der Waals surface area (Å²) in [5.74, 6) is -1.32. The second kappa shape index (κ2) is 5.09. The molecule has 1 aromatic rings. The molecule has 3 atom stereocenters. The topological polar surface area (TPSA) is 35.2 Å². The number of halogens is 4. The number of hydrogen-bond donors (Lipinski definition) is 1. The minimum atomic E-state index is -4.71. The van der Waals surface area contributed by atoms with Crippen molar-refractivity contribution >= 4 is 0 Å². The molecule has 1 aliphatic heterocycles. The van der Waals surface area contributed by atoms with E-state index in [1.54, 1.807) is 0 Å². The van der Waals surface area contributed by atoms with Crippen LogP contribution >= 0.6 is 0 Å². The summed E-state index contributed by atoms with van der Waals surface area (Å²) >= 11 is 0. The van der Waals surface area contributed by atoms with E-state index in [1.165, 1.54) is 6.07 Å². The molecule has 1 saturated heterocycles. The van der Waals surface area contributed by atoms with E-state index in [-0.39, 0.29) is 17.6 Å². The van der Waals surface area contributed by atoms with Crippen LogP contribution in [0.5, 0.6) is 0 Å². The Morgan fingerprint density at radius 2 is 2.05 bits per heavy atom. The van der Waals surface area contributed by atoms with E-state index in [0.29, 0.717) is 13.0 Å². The van der Waals surface area contributed by atoms with Crippen LogP contribution in [0.2, 0.25) is 0 Å². The van der Waals surface area contributed by atoms with Gasteiger partial charge in [-0.2, -0.15) is 13.2 Å². The zero-order valence-corrected chi connectivity index (χ0v) is 10.4. The molecular formula is C13H15F4NO. The summed E-state index contributed by atoms with van der Waals surface area (Å²) in [6, 6.07) is 2.34. The predicted molar refractivity (Wildman–Crippen MR) is 61.9 cm³/mol. The Kier molecular flexibility index (Phi) is 3.82. The molecule has 19 heavy (non-hydrogen) atoms. The smallest absolute Gasteiger partial charge is 0.378 e. The Bertz CT molecular complexity index is 460. The molecule has 2 rings (SSSR count). The number of nitrogens with two attached hydrogens (primary N) is 1. The number of hydrogen-bond acceptors (Lipinski definition) is 2. The molecule has 1 aromatic carbocycles. The molecule has 0 spiro atoms. The molecule has 0 radical (unpaired) electrons. The fourth-order valence-corrected chi connectivity index (χ4v) is 2.34. The van der Waals surface area contributed by atoms with E-state index < -0.39 is 23.6 Å². The fraction of sp³-hybridized carbons (Fsp3) is 0.538. The maximum absolute atomic E-state index is 13.2. The predicted octanol–water partition coefficient (Wildman–Crippen LogP) is 3.27. The first-order chi connectivity index (χ1) is 8.79. The van der Waals surface area contributed by atoms with Gasteiger partial charge < -0.3 is 10.5 Å². The average molecular weight is 277 g/mol. The maximum Gasteiger partial charge on any atom is 0.419 e. The zero-order chi connectivity index (χ0) is 14.2. The van der Waals surface area contributed by atoms with Crippen LogP contribution in [0.25, 0.3) is 0 Å². The number of benzene rings is 1. The van der Waals surface area contributed by atoms with Crippen LogP contribution < -0.4 is 5.73 Å². The average Bonchev–Trinajstić information content (AvgIpc) is 2.74. The quantitative estimate of drug-likeness (QED) is 0.842. The fourth-order valence-electron chi connectivity index (χ4n) is 2.34. The van der Waals surface area contributed by atoms with Gasteiger partial charge in [0.15, 0.2) is 0 Å². The highest BCUT2D eigenvalue weighted by Crippen LogP contribution is 2.35. The van der Waals surface area contributed by atoms with E-state index in [0.717, 1.165) is 12.1 Å². The molecule has 1 fully saturated rings. The van der Waals surface area contributed by atoms with Gasteiger partial charge >= 0.3 is 6.18 Å². The van der Waals surface area contributed by atoms with Crippen molar-refractivity contribution in [1.29, 1.82) is 0 Å². The third-order valence-electron chi connectivity index (χ3n) is 3.42. The van der Waals surface area contributed by atoms with Crippen molar-refractivity contribution in [2.24, 2.45) is 11.7 Å². The molecule has 1 heterocycles. The lowest BCUT2D eigenvalue weighted by molar-refractivity contribution is -0.140. The maximum atomic E-state index is 13.2. The zero-order valence-electron chi connectivity index (χ0n) is 10.4. The molecule has 0 bridgehead atoms. The summed E-state index contributed by atoms with van der Waals surface area (Å²) < 4.78 is 56.4. The van der Waals surface area contributed by atoms with E-state index in [1.807, 2.05) is 6.92 Å². The van der Waals surface area contributed by atoms with Crippen LogP contribution in [0.15, 0.2) is 18.2 Å². The summed E-state index contributed by atoms with van der Waals surface area (Å²) in [6.45, 7) is 2.31. The van der Waals surface area contributed by atoms with Gasteiger partial charge in [0.05, 0.1) is 18.3 Å². The molecule has 6 heteroatoms. The number of rotatable bonds is 2. The molecule has 3 unspecified atom stereocenters. The second-order valence-corrected chi connectivity index (χ2v) is 4.90. The van der Waals surface area contributed by atoms with Crippen molar-refractivity contribution in [1.82, 2.24) is 0 Å². The van der Waals surface area contributed by atoms with Gasteiger partial charge in [0.25, 0.3) is 0 Å². The summed E-state index contributed by atoms with van der Waals surface area (Å²) in [5.41, 5.74) is 4.97. The van der Waals surface area contributed by atoms with Crippen molar-refractivity contribution in [2.45, 2.75) is 31.7 Å². The van der Waals surface area contributed by atoms with Crippen LogP contribution in [-0.2, 0) is 10.9 Å². The largest absolute Gasteiger partial charge is 0.419 e. The van der Waals surface area contributed by atoms with Crippen molar-refractivity contribution in [2.75, 3.05) is 6.61 Å². The minimum absolute atomic E-state index is 0.0402. The molecular weight excluding hydrogens is 262 g/mol. The van der Waals surface area contributed by atoms with Gasteiger partial charge in [0.2, 0.25) is 0 Å². The third kappa shape index (κ3) is 3.06. The van der Waals surface area contributed by atoms with Crippen LogP contribution in [0.4, 0.5) is 17.6 Å². The first kappa shape index (κ1) is 14.3. The molecule has 0 amide bonds. The summed E-state index contributed by atoms with van der Waals surface area (Å²) in [7, 11) is 0. The normalized spacial score (nSPS) is 25.6. The van der Waals surface area contributed by atoms with Crippen LogP contribution in [0.3, 0.4) is 0 Å². The van der Waals surface area contributed by atoms with E-state index in [9.17, 15) is 17.6 Å². The van der Waals surface area contributed by atoms with Gasteiger partial charge in [-0.25, -0.2) is 4.39 Å². The SMILES string of the molecule is CC1CC(C(N)c2ccc(F)c(C(F)(F)F)c2)CO1. The van der Waals surface area contributed by atoms with Gasteiger partial charge in [0, 0.05) is 12.0 Å². The van der Waals surface area contributed by atoms with Gasteiger partial charge in [-0.3, -0.25) is 0 Å². The van der Waals surface area contributed by atoms with Gasteiger partial charge in [-0.1, -0.05) is 6.07 Å². The number of ether oxygens (including phenoxy) is 1. The van der Waals surface area contributed by atoms with Crippen LogP contribution in [0, 0.1) is 11.7 Å². The molecule has 2 N–H and O–H groups in total. The van der Waals surface area contributed by atoms with Crippen molar-refractivity contribution in [3.05, 3.63) is 35.1 Å². The van der Waals surface area contributed by atoms with Crippen LogP contribution in [-0.4, -0.2) is 12.7 Å². The standard InChI is InChI=1S/C13H15F4NO/c1-7-4-9(6-19-7)12(18)8-2-3-11(14)10(5-8)13(15,16)17/h2-3,5,7,9,12H,4,6,18H2,1H3. The lowest BCUT2D eigenvalue weighted by Crippen LogP contribution is -2.22.